The highest BCUT2D eigenvalue weighted by Gasteiger charge is 2.15. The normalized spacial score (nSPS) is 22.9. The monoisotopic (exact) mass is 220 g/mol. The van der Waals surface area contributed by atoms with Crippen molar-refractivity contribution in [1.82, 2.24) is 20.4 Å². The summed E-state index contributed by atoms with van der Waals surface area (Å²) >= 11 is 0. The molecule has 0 aliphatic carbocycles. The highest BCUT2D eigenvalue weighted by Crippen LogP contribution is 2.07. The van der Waals surface area contributed by atoms with Crippen LogP contribution in [0, 0.1) is 0 Å². The largest absolute Gasteiger partial charge is 0.313 e. The topological polar surface area (TPSA) is 41.1 Å². The van der Waals surface area contributed by atoms with Gasteiger partial charge < -0.3 is 5.32 Å². The first-order valence-corrected chi connectivity index (χ1v) is 6.11. The first-order chi connectivity index (χ1) is 7.88. The molecular formula is C12H20N4. The van der Waals surface area contributed by atoms with E-state index in [2.05, 4.69) is 27.3 Å². The fourth-order valence-corrected chi connectivity index (χ4v) is 2.13. The minimum absolute atomic E-state index is 0.687. The Balaban J connectivity index is 1.86. The van der Waals surface area contributed by atoms with E-state index in [0.29, 0.717) is 6.04 Å². The zero-order valence-electron chi connectivity index (χ0n) is 9.89. The van der Waals surface area contributed by atoms with Crippen LogP contribution in [0.1, 0.15) is 25.5 Å². The van der Waals surface area contributed by atoms with E-state index < -0.39 is 0 Å². The average Bonchev–Trinajstić information content (AvgIpc) is 2.56. The number of nitrogens with zero attached hydrogens (tertiary/aromatic N) is 3. The molecule has 1 aliphatic rings. The predicted octanol–water partition coefficient (Wildman–Crippen LogP) is 1.05. The lowest BCUT2D eigenvalue weighted by Gasteiger charge is -2.18. The Morgan fingerprint density at radius 2 is 2.44 bits per heavy atom. The Hall–Kier alpha value is -1.00. The Morgan fingerprint density at radius 1 is 1.50 bits per heavy atom. The van der Waals surface area contributed by atoms with Gasteiger partial charge in [0, 0.05) is 38.4 Å². The smallest absolute Gasteiger partial charge is 0.0771 e. The average molecular weight is 220 g/mol. The molecule has 1 aliphatic heterocycles. The second-order valence-corrected chi connectivity index (χ2v) is 4.34. The van der Waals surface area contributed by atoms with Crippen LogP contribution in [0.5, 0.6) is 0 Å². The maximum absolute atomic E-state index is 4.13. The van der Waals surface area contributed by atoms with Gasteiger partial charge in [0.15, 0.2) is 0 Å². The predicted molar refractivity (Wildman–Crippen MR) is 64.0 cm³/mol. The highest BCUT2D eigenvalue weighted by molar-refractivity contribution is 4.99. The molecule has 16 heavy (non-hydrogen) atoms. The van der Waals surface area contributed by atoms with E-state index in [4.69, 9.17) is 0 Å². The highest BCUT2D eigenvalue weighted by atomic mass is 15.2. The molecular weight excluding hydrogens is 200 g/mol. The van der Waals surface area contributed by atoms with Gasteiger partial charge >= 0.3 is 0 Å². The van der Waals surface area contributed by atoms with Gasteiger partial charge in [0.05, 0.1) is 5.69 Å². The molecule has 1 fully saturated rings. The van der Waals surface area contributed by atoms with Gasteiger partial charge in [0.25, 0.3) is 0 Å². The fourth-order valence-electron chi connectivity index (χ4n) is 2.13. The van der Waals surface area contributed by atoms with Gasteiger partial charge in [-0.2, -0.15) is 10.2 Å². The first-order valence-electron chi connectivity index (χ1n) is 6.11. The molecule has 4 nitrogen and oxygen atoms in total. The van der Waals surface area contributed by atoms with Crippen LogP contribution in [0.3, 0.4) is 0 Å². The Kier molecular flexibility index (Phi) is 4.25. The molecule has 1 unspecified atom stereocenters. The van der Waals surface area contributed by atoms with Gasteiger partial charge in [-0.3, -0.25) is 4.90 Å². The molecule has 2 heterocycles. The molecule has 0 amide bonds. The van der Waals surface area contributed by atoms with Crippen molar-refractivity contribution in [1.29, 1.82) is 0 Å². The molecule has 0 spiro atoms. The molecule has 1 saturated heterocycles. The summed E-state index contributed by atoms with van der Waals surface area (Å²) in [6.45, 7) is 6.51. The molecule has 1 aromatic heterocycles. The molecule has 0 saturated carbocycles. The lowest BCUT2D eigenvalue weighted by atomic mass is 10.1. The summed E-state index contributed by atoms with van der Waals surface area (Å²) in [5, 5.41) is 11.6. The summed E-state index contributed by atoms with van der Waals surface area (Å²) < 4.78 is 0. The third-order valence-corrected chi connectivity index (χ3v) is 3.16. The third-order valence-electron chi connectivity index (χ3n) is 3.16. The molecule has 2 rings (SSSR count). The van der Waals surface area contributed by atoms with E-state index in [1.54, 1.807) is 6.20 Å². The molecule has 0 radical (unpaired) electrons. The Labute approximate surface area is 97.1 Å². The summed E-state index contributed by atoms with van der Waals surface area (Å²) in [4.78, 5) is 2.45. The van der Waals surface area contributed by atoms with E-state index in [0.717, 1.165) is 31.9 Å². The van der Waals surface area contributed by atoms with E-state index in [1.807, 2.05) is 12.1 Å². The maximum atomic E-state index is 4.13. The van der Waals surface area contributed by atoms with Gasteiger partial charge in [-0.15, -0.1) is 0 Å². The van der Waals surface area contributed by atoms with Gasteiger partial charge in [-0.05, 0) is 25.0 Å². The van der Waals surface area contributed by atoms with Crippen molar-refractivity contribution in [3.63, 3.8) is 0 Å². The van der Waals surface area contributed by atoms with Crippen molar-refractivity contribution in [2.75, 3.05) is 19.6 Å². The molecule has 1 aromatic rings. The molecule has 88 valence electrons. The van der Waals surface area contributed by atoms with Crippen molar-refractivity contribution < 1.29 is 0 Å². The zero-order chi connectivity index (χ0) is 11.2. The van der Waals surface area contributed by atoms with Crippen molar-refractivity contribution in [3.8, 4) is 0 Å². The fraction of sp³-hybridized carbons (Fsp3) is 0.667. The molecule has 0 aromatic carbocycles. The SMILES string of the molecule is CCC1CCN(Cc2cccnn2)CCN1. The van der Waals surface area contributed by atoms with Gasteiger partial charge in [0.2, 0.25) is 0 Å². The van der Waals surface area contributed by atoms with Crippen LogP contribution in [-0.2, 0) is 6.54 Å². The van der Waals surface area contributed by atoms with E-state index in [1.165, 1.54) is 12.8 Å². The standard InChI is InChI=1S/C12H20N4/c1-2-11-5-8-16(9-7-13-11)10-12-4-3-6-14-15-12/h3-4,6,11,13H,2,5,7-10H2,1H3. The number of rotatable bonds is 3. The minimum atomic E-state index is 0.687. The van der Waals surface area contributed by atoms with Crippen LogP contribution >= 0.6 is 0 Å². The zero-order valence-corrected chi connectivity index (χ0v) is 9.89. The number of nitrogens with one attached hydrogen (secondary N) is 1. The maximum Gasteiger partial charge on any atom is 0.0771 e. The van der Waals surface area contributed by atoms with Crippen molar-refractivity contribution in [2.45, 2.75) is 32.4 Å². The lowest BCUT2D eigenvalue weighted by molar-refractivity contribution is 0.277. The van der Waals surface area contributed by atoms with Crippen molar-refractivity contribution in [3.05, 3.63) is 24.0 Å². The second-order valence-electron chi connectivity index (χ2n) is 4.34. The van der Waals surface area contributed by atoms with Gasteiger partial charge in [0.1, 0.15) is 0 Å². The first kappa shape index (κ1) is 11.5. The quantitative estimate of drug-likeness (QED) is 0.826. The van der Waals surface area contributed by atoms with Crippen LogP contribution in [0.15, 0.2) is 18.3 Å². The number of aromatic nitrogens is 2. The minimum Gasteiger partial charge on any atom is -0.313 e. The van der Waals surface area contributed by atoms with Gasteiger partial charge in [-0.25, -0.2) is 0 Å². The van der Waals surface area contributed by atoms with Crippen LogP contribution in [-0.4, -0.2) is 40.8 Å². The molecule has 4 heteroatoms. The summed E-state index contributed by atoms with van der Waals surface area (Å²) in [6, 6.07) is 4.68. The van der Waals surface area contributed by atoms with Crippen LogP contribution < -0.4 is 5.32 Å². The summed E-state index contributed by atoms with van der Waals surface area (Å²) in [5.41, 5.74) is 1.07. The van der Waals surface area contributed by atoms with Crippen molar-refractivity contribution in [2.24, 2.45) is 0 Å². The summed E-state index contributed by atoms with van der Waals surface area (Å²) in [5.74, 6) is 0. The molecule has 0 bridgehead atoms. The Morgan fingerprint density at radius 3 is 3.19 bits per heavy atom. The van der Waals surface area contributed by atoms with Crippen molar-refractivity contribution >= 4 is 0 Å². The van der Waals surface area contributed by atoms with Crippen LogP contribution in [0.2, 0.25) is 0 Å². The summed E-state index contributed by atoms with van der Waals surface area (Å²) in [7, 11) is 0. The second kappa shape index (κ2) is 5.92. The number of hydrogen-bond donors (Lipinski definition) is 1. The Bertz CT molecular complexity index is 301. The van der Waals surface area contributed by atoms with E-state index >= 15 is 0 Å². The van der Waals surface area contributed by atoms with E-state index in [-0.39, 0.29) is 0 Å². The molecule has 1 N–H and O–H groups in total. The van der Waals surface area contributed by atoms with Crippen LogP contribution in [0.4, 0.5) is 0 Å². The lowest BCUT2D eigenvalue weighted by Crippen LogP contribution is -2.30. The van der Waals surface area contributed by atoms with E-state index in [9.17, 15) is 0 Å². The summed E-state index contributed by atoms with van der Waals surface area (Å²) in [6.07, 6.45) is 4.18. The third kappa shape index (κ3) is 3.25. The van der Waals surface area contributed by atoms with Gasteiger partial charge in [-0.1, -0.05) is 6.92 Å². The molecule has 1 atom stereocenters. The number of hydrogen-bond acceptors (Lipinski definition) is 4. The van der Waals surface area contributed by atoms with Crippen LogP contribution in [0.25, 0.3) is 0 Å².